The maximum Gasteiger partial charge on any atom is 0.287 e. The Labute approximate surface area is 106 Å². The van der Waals surface area contributed by atoms with E-state index in [2.05, 4.69) is 0 Å². The Morgan fingerprint density at radius 3 is 1.89 bits per heavy atom. The maximum atomic E-state index is 10.7. The molecule has 0 amide bonds. The molecule has 1 N–H and O–H groups in total. The summed E-state index contributed by atoms with van der Waals surface area (Å²) in [6.07, 6.45) is 1.19. The number of rotatable bonds is 5. The van der Waals surface area contributed by atoms with Crippen molar-refractivity contribution in [1.82, 2.24) is 0 Å². The topological polar surface area (TPSA) is 82.1 Å². The van der Waals surface area contributed by atoms with Gasteiger partial charge in [-0.25, -0.2) is 0 Å². The van der Waals surface area contributed by atoms with E-state index in [4.69, 9.17) is 18.8 Å². The maximum absolute atomic E-state index is 10.7. The van der Waals surface area contributed by atoms with Crippen LogP contribution in [-0.2, 0) is 10.1 Å². The van der Waals surface area contributed by atoms with Crippen molar-refractivity contribution < 1.29 is 27.2 Å². The summed E-state index contributed by atoms with van der Waals surface area (Å²) in [6, 6.07) is 3.15. The average molecular weight is 274 g/mol. The molecular formula is C11H14O6S. The normalized spacial score (nSPS) is 11.6. The van der Waals surface area contributed by atoms with Crippen LogP contribution in [0.4, 0.5) is 0 Å². The molecule has 0 saturated heterocycles. The van der Waals surface area contributed by atoms with Gasteiger partial charge >= 0.3 is 0 Å². The van der Waals surface area contributed by atoms with E-state index in [1.807, 2.05) is 0 Å². The third-order valence-electron chi connectivity index (χ3n) is 2.16. The van der Waals surface area contributed by atoms with Gasteiger partial charge < -0.3 is 14.2 Å². The van der Waals surface area contributed by atoms with E-state index in [-0.39, 0.29) is 0 Å². The minimum Gasteiger partial charge on any atom is -0.496 e. The summed E-state index contributed by atoms with van der Waals surface area (Å²) in [5, 5.41) is 0.653. The van der Waals surface area contributed by atoms with E-state index >= 15 is 0 Å². The van der Waals surface area contributed by atoms with E-state index in [0.717, 1.165) is 0 Å². The van der Waals surface area contributed by atoms with Crippen LogP contribution < -0.4 is 14.2 Å². The lowest BCUT2D eigenvalue weighted by Gasteiger charge is -2.12. The van der Waals surface area contributed by atoms with Crippen LogP contribution in [0.2, 0.25) is 0 Å². The Morgan fingerprint density at radius 1 is 1.06 bits per heavy atom. The van der Waals surface area contributed by atoms with E-state index in [0.29, 0.717) is 28.2 Å². The Bertz CT molecular complexity index is 522. The van der Waals surface area contributed by atoms with Gasteiger partial charge in [0.15, 0.2) is 0 Å². The molecule has 1 rings (SSSR count). The van der Waals surface area contributed by atoms with Crippen LogP contribution in [0.1, 0.15) is 5.56 Å². The minimum atomic E-state index is -4.21. The molecule has 7 heteroatoms. The van der Waals surface area contributed by atoms with Gasteiger partial charge in [-0.1, -0.05) is 0 Å². The zero-order chi connectivity index (χ0) is 13.8. The van der Waals surface area contributed by atoms with Crippen LogP contribution in [0.5, 0.6) is 17.2 Å². The molecule has 1 aromatic rings. The quantitative estimate of drug-likeness (QED) is 0.821. The molecule has 0 radical (unpaired) electrons. The highest BCUT2D eigenvalue weighted by Gasteiger charge is 2.11. The molecule has 0 aromatic heterocycles. The second-order valence-electron chi connectivity index (χ2n) is 3.26. The molecular weight excluding hydrogens is 260 g/mol. The van der Waals surface area contributed by atoms with Gasteiger partial charge in [0.25, 0.3) is 10.1 Å². The summed E-state index contributed by atoms with van der Waals surface area (Å²) in [4.78, 5) is 0. The molecule has 6 nitrogen and oxygen atoms in total. The highest BCUT2D eigenvalue weighted by atomic mass is 32.2. The minimum absolute atomic E-state index is 0.367. The summed E-state index contributed by atoms with van der Waals surface area (Å²) in [5.41, 5.74) is 0.387. The van der Waals surface area contributed by atoms with Crippen molar-refractivity contribution in [3.05, 3.63) is 23.1 Å². The van der Waals surface area contributed by atoms with Crippen molar-refractivity contribution in [2.75, 3.05) is 21.3 Å². The van der Waals surface area contributed by atoms with Gasteiger partial charge in [0, 0.05) is 12.1 Å². The fourth-order valence-electron chi connectivity index (χ4n) is 1.35. The van der Waals surface area contributed by atoms with Gasteiger partial charge in [0.1, 0.15) is 17.2 Å². The zero-order valence-corrected chi connectivity index (χ0v) is 11.0. The lowest BCUT2D eigenvalue weighted by Crippen LogP contribution is -1.96. The molecule has 0 unspecified atom stereocenters. The van der Waals surface area contributed by atoms with Gasteiger partial charge in [0.2, 0.25) is 0 Å². The van der Waals surface area contributed by atoms with Crippen molar-refractivity contribution >= 4 is 16.2 Å². The van der Waals surface area contributed by atoms with Crippen LogP contribution in [0.15, 0.2) is 17.5 Å². The van der Waals surface area contributed by atoms with Crippen LogP contribution in [0, 0.1) is 0 Å². The Morgan fingerprint density at radius 2 is 1.56 bits per heavy atom. The Balaban J connectivity index is 3.36. The predicted octanol–water partition coefficient (Wildman–Crippen LogP) is 1.57. The van der Waals surface area contributed by atoms with Crippen molar-refractivity contribution in [2.24, 2.45) is 0 Å². The number of hydrogen-bond acceptors (Lipinski definition) is 5. The fraction of sp³-hybridized carbons (Fsp3) is 0.273. The van der Waals surface area contributed by atoms with E-state index in [9.17, 15) is 8.42 Å². The van der Waals surface area contributed by atoms with Gasteiger partial charge in [-0.2, -0.15) is 8.42 Å². The van der Waals surface area contributed by atoms with Crippen molar-refractivity contribution in [2.45, 2.75) is 0 Å². The highest BCUT2D eigenvalue weighted by molar-refractivity contribution is 7.88. The van der Waals surface area contributed by atoms with Crippen LogP contribution in [0.3, 0.4) is 0 Å². The van der Waals surface area contributed by atoms with E-state index < -0.39 is 10.1 Å². The molecule has 0 fully saturated rings. The molecule has 0 heterocycles. The van der Waals surface area contributed by atoms with Crippen LogP contribution in [0.25, 0.3) is 6.08 Å². The third-order valence-corrected chi connectivity index (χ3v) is 2.64. The van der Waals surface area contributed by atoms with Crippen LogP contribution in [-0.4, -0.2) is 34.3 Å². The molecule has 0 bridgehead atoms. The molecule has 0 aliphatic heterocycles. The first kappa shape index (κ1) is 14.3. The first-order valence-electron chi connectivity index (χ1n) is 4.87. The number of methoxy groups -OCH3 is 3. The fourth-order valence-corrected chi connectivity index (χ4v) is 1.66. The zero-order valence-electron chi connectivity index (χ0n) is 10.2. The largest absolute Gasteiger partial charge is 0.496 e. The first-order valence-corrected chi connectivity index (χ1v) is 6.37. The summed E-state index contributed by atoms with van der Waals surface area (Å²) in [6.45, 7) is 0. The monoisotopic (exact) mass is 274 g/mol. The van der Waals surface area contributed by atoms with Crippen molar-refractivity contribution in [3.63, 3.8) is 0 Å². The number of ether oxygens (including phenoxy) is 3. The second kappa shape index (κ2) is 5.74. The second-order valence-corrected chi connectivity index (χ2v) is 4.57. The van der Waals surface area contributed by atoms with E-state index in [1.54, 1.807) is 12.1 Å². The molecule has 0 atom stereocenters. The number of benzene rings is 1. The smallest absolute Gasteiger partial charge is 0.287 e. The third kappa shape index (κ3) is 3.64. The molecule has 0 saturated carbocycles. The van der Waals surface area contributed by atoms with Crippen molar-refractivity contribution in [3.8, 4) is 17.2 Å². The van der Waals surface area contributed by atoms with Crippen molar-refractivity contribution in [1.29, 1.82) is 0 Å². The van der Waals surface area contributed by atoms with E-state index in [1.165, 1.54) is 27.4 Å². The molecule has 18 heavy (non-hydrogen) atoms. The van der Waals surface area contributed by atoms with Gasteiger partial charge in [0.05, 0.1) is 32.3 Å². The molecule has 0 aliphatic carbocycles. The summed E-state index contributed by atoms with van der Waals surface area (Å²) < 4.78 is 45.3. The summed E-state index contributed by atoms with van der Waals surface area (Å²) in [7, 11) is 0.136. The molecule has 1 aromatic carbocycles. The Kier molecular flexibility index (Phi) is 4.57. The number of hydrogen-bond donors (Lipinski definition) is 1. The lowest BCUT2D eigenvalue weighted by atomic mass is 10.1. The standard InChI is InChI=1S/C11H14O6S/c1-15-8-6-10(16-2)9(11(7-8)17-3)4-5-18(12,13)14/h4-7H,1-3H3,(H,12,13,14). The molecule has 0 aliphatic rings. The summed E-state index contributed by atoms with van der Waals surface area (Å²) in [5.74, 6) is 1.24. The van der Waals surface area contributed by atoms with Gasteiger partial charge in [-0.3, -0.25) is 4.55 Å². The molecule has 100 valence electrons. The highest BCUT2D eigenvalue weighted by Crippen LogP contribution is 2.35. The molecule has 0 spiro atoms. The summed E-state index contributed by atoms with van der Waals surface area (Å²) >= 11 is 0. The van der Waals surface area contributed by atoms with Crippen LogP contribution >= 0.6 is 0 Å². The first-order chi connectivity index (χ1) is 8.41. The van der Waals surface area contributed by atoms with Gasteiger partial charge in [-0.15, -0.1) is 0 Å². The van der Waals surface area contributed by atoms with Gasteiger partial charge in [-0.05, 0) is 6.08 Å². The average Bonchev–Trinajstić information content (AvgIpc) is 2.34. The SMILES string of the molecule is COc1cc(OC)c(C=CS(=O)(=O)O)c(OC)c1. The predicted molar refractivity (Wildman–Crippen MR) is 66.7 cm³/mol. The lowest BCUT2D eigenvalue weighted by molar-refractivity contribution is 0.374. The Hall–Kier alpha value is -1.73.